The van der Waals surface area contributed by atoms with E-state index in [0.717, 1.165) is 47.8 Å². The highest BCUT2D eigenvalue weighted by Gasteiger charge is 2.32. The van der Waals surface area contributed by atoms with E-state index in [2.05, 4.69) is 21.4 Å². The Hall–Kier alpha value is -1.86. The van der Waals surface area contributed by atoms with Crippen molar-refractivity contribution in [3.63, 3.8) is 0 Å². The van der Waals surface area contributed by atoms with Gasteiger partial charge in [0.05, 0.1) is 0 Å². The number of benzene rings is 1. The minimum atomic E-state index is -4.47. The molecule has 0 saturated heterocycles. The molecule has 0 radical (unpaired) electrons. The molecule has 0 unspecified atom stereocenters. The van der Waals surface area contributed by atoms with Crippen molar-refractivity contribution < 1.29 is 13.2 Å². The molecule has 3 nitrogen and oxygen atoms in total. The van der Waals surface area contributed by atoms with Crippen LogP contribution in [0, 0.1) is 6.92 Å². The molecule has 1 N–H and O–H groups in total. The summed E-state index contributed by atoms with van der Waals surface area (Å²) >= 11 is 1.17. The molecule has 0 fully saturated rings. The van der Waals surface area contributed by atoms with Crippen molar-refractivity contribution in [1.29, 1.82) is 0 Å². The predicted octanol–water partition coefficient (Wildman–Crippen LogP) is 4.33. The summed E-state index contributed by atoms with van der Waals surface area (Å²) in [6.07, 6.45) is -0.312. The van der Waals surface area contributed by atoms with Gasteiger partial charge in [-0.1, -0.05) is 18.2 Å². The summed E-state index contributed by atoms with van der Waals surface area (Å²) in [4.78, 5) is 8.51. The van der Waals surface area contributed by atoms with Crippen LogP contribution in [0.1, 0.15) is 23.2 Å². The van der Waals surface area contributed by atoms with Crippen molar-refractivity contribution in [1.82, 2.24) is 15.3 Å². The molecule has 0 spiro atoms. The van der Waals surface area contributed by atoms with Crippen LogP contribution in [0.4, 0.5) is 13.2 Å². The second-order valence-corrected chi connectivity index (χ2v) is 6.52. The van der Waals surface area contributed by atoms with Crippen LogP contribution in [0.5, 0.6) is 0 Å². The lowest BCUT2D eigenvalue weighted by Crippen LogP contribution is -2.20. The quantitative estimate of drug-likeness (QED) is 0.835. The van der Waals surface area contributed by atoms with Crippen molar-refractivity contribution >= 4 is 17.3 Å². The van der Waals surface area contributed by atoms with Gasteiger partial charge in [0.1, 0.15) is 5.69 Å². The first-order valence-corrected chi connectivity index (χ1v) is 8.34. The Morgan fingerprint density at radius 3 is 2.75 bits per heavy atom. The molecule has 1 aliphatic heterocycles. The normalized spacial score (nSPS) is 15.2. The van der Waals surface area contributed by atoms with Crippen LogP contribution < -0.4 is 5.32 Å². The minimum absolute atomic E-state index is 0.103. The zero-order valence-electron chi connectivity index (χ0n) is 13.0. The monoisotopic (exact) mass is 351 g/mol. The molecule has 3 rings (SSSR count). The summed E-state index contributed by atoms with van der Waals surface area (Å²) in [6, 6.07) is 6.88. The molecule has 0 atom stereocenters. The summed E-state index contributed by atoms with van der Waals surface area (Å²) in [5.41, 5.74) is 2.36. The lowest BCUT2D eigenvalue weighted by Gasteiger charge is -2.17. The second kappa shape index (κ2) is 6.94. The molecule has 7 heteroatoms. The van der Waals surface area contributed by atoms with E-state index in [1.807, 2.05) is 25.1 Å². The highest BCUT2D eigenvalue weighted by atomic mass is 32.2. The Bertz CT molecular complexity index is 772. The van der Waals surface area contributed by atoms with Gasteiger partial charge in [0, 0.05) is 17.6 Å². The maximum atomic E-state index is 12.8. The third-order valence-electron chi connectivity index (χ3n) is 3.67. The first-order chi connectivity index (χ1) is 11.4. The van der Waals surface area contributed by atoms with Crippen LogP contribution >= 0.6 is 11.8 Å². The largest absolute Gasteiger partial charge is 0.433 e. The molecule has 126 valence electrons. The number of nitrogens with zero attached hydrogens (tertiary/aromatic N) is 2. The van der Waals surface area contributed by atoms with E-state index >= 15 is 0 Å². The molecule has 0 saturated carbocycles. The standard InChI is InChI=1S/C17H16F3N3S/c1-11-2-3-13(12-4-7-21-8-5-12)14(10-11)24-16-22-9-6-15(23-16)17(18,19)20/h2-4,6,9-10,21H,5,7-8H2,1H3. The van der Waals surface area contributed by atoms with Crippen molar-refractivity contribution in [2.75, 3.05) is 13.1 Å². The van der Waals surface area contributed by atoms with Crippen LogP contribution in [0.15, 0.2) is 46.6 Å². The predicted molar refractivity (Wildman–Crippen MR) is 87.8 cm³/mol. The highest BCUT2D eigenvalue weighted by molar-refractivity contribution is 7.99. The van der Waals surface area contributed by atoms with Gasteiger partial charge in [-0.15, -0.1) is 0 Å². The van der Waals surface area contributed by atoms with Gasteiger partial charge >= 0.3 is 6.18 Å². The number of nitrogens with one attached hydrogen (secondary N) is 1. The van der Waals surface area contributed by atoms with Crippen molar-refractivity contribution in [3.05, 3.63) is 53.4 Å². The fourth-order valence-corrected chi connectivity index (χ4v) is 3.50. The molecular weight excluding hydrogens is 335 g/mol. The van der Waals surface area contributed by atoms with Crippen LogP contribution in [0.25, 0.3) is 5.57 Å². The topological polar surface area (TPSA) is 37.8 Å². The summed E-state index contributed by atoms with van der Waals surface area (Å²) in [7, 11) is 0. The van der Waals surface area contributed by atoms with Crippen LogP contribution in [-0.4, -0.2) is 23.1 Å². The Labute approximate surface area is 142 Å². The van der Waals surface area contributed by atoms with E-state index in [1.165, 1.54) is 17.3 Å². The van der Waals surface area contributed by atoms with Gasteiger partial charge in [-0.2, -0.15) is 13.2 Å². The maximum absolute atomic E-state index is 12.8. The van der Waals surface area contributed by atoms with Crippen LogP contribution in [0.2, 0.25) is 0 Å². The third kappa shape index (κ3) is 3.96. The number of aryl methyl sites for hydroxylation is 1. The van der Waals surface area contributed by atoms with E-state index in [4.69, 9.17) is 0 Å². The molecule has 24 heavy (non-hydrogen) atoms. The van der Waals surface area contributed by atoms with Crippen molar-refractivity contribution in [2.24, 2.45) is 0 Å². The SMILES string of the molecule is Cc1ccc(C2=CCNCC2)c(Sc2nccc(C(F)(F)F)n2)c1. The van der Waals surface area contributed by atoms with Crippen molar-refractivity contribution in [3.8, 4) is 0 Å². The van der Waals surface area contributed by atoms with Gasteiger partial charge in [0.25, 0.3) is 0 Å². The number of rotatable bonds is 3. The molecule has 1 aliphatic rings. The van der Waals surface area contributed by atoms with Crippen LogP contribution in [-0.2, 0) is 6.18 Å². The first kappa shape index (κ1) is 17.0. The molecule has 1 aromatic carbocycles. The molecule has 2 aromatic rings. The molecule has 2 heterocycles. The maximum Gasteiger partial charge on any atom is 0.433 e. The van der Waals surface area contributed by atoms with E-state index in [9.17, 15) is 13.2 Å². The summed E-state index contributed by atoms with van der Waals surface area (Å²) in [6.45, 7) is 3.65. The molecule has 1 aromatic heterocycles. The number of hydrogen-bond donors (Lipinski definition) is 1. The van der Waals surface area contributed by atoms with Gasteiger partial charge in [-0.25, -0.2) is 9.97 Å². The van der Waals surface area contributed by atoms with Crippen LogP contribution in [0.3, 0.4) is 0 Å². The minimum Gasteiger partial charge on any atom is -0.313 e. The Morgan fingerprint density at radius 1 is 1.21 bits per heavy atom. The third-order valence-corrected chi connectivity index (χ3v) is 4.61. The first-order valence-electron chi connectivity index (χ1n) is 7.52. The zero-order chi connectivity index (χ0) is 17.2. The smallest absolute Gasteiger partial charge is 0.313 e. The second-order valence-electron chi connectivity index (χ2n) is 5.51. The number of halogens is 3. The Morgan fingerprint density at radius 2 is 2.04 bits per heavy atom. The average Bonchev–Trinajstić information content (AvgIpc) is 2.55. The van der Waals surface area contributed by atoms with Gasteiger partial charge in [-0.05, 0) is 60.5 Å². The fourth-order valence-electron chi connectivity index (χ4n) is 2.49. The van der Waals surface area contributed by atoms with Crippen molar-refractivity contribution in [2.45, 2.75) is 29.6 Å². The molecule has 0 bridgehead atoms. The summed E-state index contributed by atoms with van der Waals surface area (Å²) in [5.74, 6) is 0. The van der Waals surface area contributed by atoms with E-state index in [0.29, 0.717) is 0 Å². The molecule has 0 aliphatic carbocycles. The average molecular weight is 351 g/mol. The van der Waals surface area contributed by atoms with Gasteiger partial charge in [0.2, 0.25) is 0 Å². The van der Waals surface area contributed by atoms with Gasteiger partial charge in [-0.3, -0.25) is 0 Å². The van der Waals surface area contributed by atoms with E-state index in [1.54, 1.807) is 0 Å². The van der Waals surface area contributed by atoms with Gasteiger partial charge in [0.15, 0.2) is 5.16 Å². The molecular formula is C17H16F3N3S. The Balaban J connectivity index is 1.95. The zero-order valence-corrected chi connectivity index (χ0v) is 13.8. The van der Waals surface area contributed by atoms with E-state index < -0.39 is 11.9 Å². The lowest BCUT2D eigenvalue weighted by atomic mass is 9.99. The Kier molecular flexibility index (Phi) is 4.91. The number of alkyl halides is 3. The molecule has 0 amide bonds. The van der Waals surface area contributed by atoms with Gasteiger partial charge < -0.3 is 5.32 Å². The fraction of sp³-hybridized carbons (Fsp3) is 0.294. The summed E-state index contributed by atoms with van der Waals surface area (Å²) < 4.78 is 38.5. The summed E-state index contributed by atoms with van der Waals surface area (Å²) in [5, 5.41) is 3.36. The highest BCUT2D eigenvalue weighted by Crippen LogP contribution is 2.35. The number of aromatic nitrogens is 2. The number of hydrogen-bond acceptors (Lipinski definition) is 4. The van der Waals surface area contributed by atoms with E-state index in [-0.39, 0.29) is 5.16 Å². The lowest BCUT2D eigenvalue weighted by molar-refractivity contribution is -0.141.